The van der Waals surface area contributed by atoms with Crippen molar-refractivity contribution in [3.8, 4) is 11.5 Å². The maximum atomic E-state index is 14.4. The molecule has 9 nitrogen and oxygen atoms in total. The van der Waals surface area contributed by atoms with Crippen molar-refractivity contribution in [3.63, 3.8) is 0 Å². The second-order valence-electron chi connectivity index (χ2n) is 9.76. The van der Waals surface area contributed by atoms with Crippen LogP contribution in [0, 0.1) is 5.82 Å². The van der Waals surface area contributed by atoms with Gasteiger partial charge in [0.15, 0.2) is 5.82 Å². The van der Waals surface area contributed by atoms with Gasteiger partial charge in [-0.05, 0) is 42.3 Å². The molecule has 6 rings (SSSR count). The summed E-state index contributed by atoms with van der Waals surface area (Å²) in [6.07, 6.45) is -0.128. The molecule has 0 aliphatic carbocycles. The predicted molar refractivity (Wildman–Crippen MR) is 149 cm³/mol. The zero-order valence-corrected chi connectivity index (χ0v) is 21.9. The van der Waals surface area contributed by atoms with E-state index < -0.39 is 11.4 Å². The molecule has 1 aliphatic heterocycles. The van der Waals surface area contributed by atoms with E-state index in [2.05, 4.69) is 15.3 Å². The number of carbonyl (C=O) groups excluding carboxylic acids is 1. The lowest BCUT2D eigenvalue weighted by Crippen LogP contribution is -2.33. The number of hydrogen-bond acceptors (Lipinski definition) is 6. The Morgan fingerprint density at radius 1 is 1.12 bits per heavy atom. The summed E-state index contributed by atoms with van der Waals surface area (Å²) in [5, 5.41) is 17.8. The third kappa shape index (κ3) is 4.13. The Morgan fingerprint density at radius 2 is 1.88 bits per heavy atom. The number of halogens is 2. The highest BCUT2D eigenvalue weighted by atomic mass is 35.5. The lowest BCUT2D eigenvalue weighted by molar-refractivity contribution is -0.136. The number of nitrogen functional groups attached to an aromatic ring is 1. The first-order valence-electron chi connectivity index (χ1n) is 12.4. The van der Waals surface area contributed by atoms with Gasteiger partial charge in [-0.15, -0.1) is 0 Å². The van der Waals surface area contributed by atoms with Gasteiger partial charge >= 0.3 is 5.97 Å². The van der Waals surface area contributed by atoms with Crippen molar-refractivity contribution in [2.75, 3.05) is 11.1 Å². The molecule has 1 unspecified atom stereocenters. The Bertz CT molecular complexity index is 1840. The van der Waals surface area contributed by atoms with E-state index in [1.54, 1.807) is 72.3 Å². The molecule has 1 atom stereocenters. The van der Waals surface area contributed by atoms with Gasteiger partial charge < -0.3 is 16.2 Å². The van der Waals surface area contributed by atoms with Gasteiger partial charge in [-0.2, -0.15) is 5.10 Å². The summed E-state index contributed by atoms with van der Waals surface area (Å²) in [4.78, 5) is 33.6. The van der Waals surface area contributed by atoms with Gasteiger partial charge in [0.1, 0.15) is 28.6 Å². The molecule has 1 aliphatic rings. The first-order valence-corrected chi connectivity index (χ1v) is 12.7. The van der Waals surface area contributed by atoms with Crippen molar-refractivity contribution in [1.82, 2.24) is 19.7 Å². The molecule has 3 aromatic carbocycles. The lowest BCUT2D eigenvalue weighted by atomic mass is 9.77. The third-order valence-corrected chi connectivity index (χ3v) is 7.45. The van der Waals surface area contributed by atoms with Gasteiger partial charge in [-0.25, -0.2) is 14.4 Å². The van der Waals surface area contributed by atoms with Gasteiger partial charge in [0.2, 0.25) is 5.91 Å². The predicted octanol–water partition coefficient (Wildman–Crippen LogP) is 4.80. The van der Waals surface area contributed by atoms with Crippen molar-refractivity contribution in [1.29, 1.82) is 0 Å². The quantitative estimate of drug-likeness (QED) is 0.273. The molecule has 11 heteroatoms. The summed E-state index contributed by atoms with van der Waals surface area (Å²) in [5.41, 5.74) is 8.43. The Labute approximate surface area is 232 Å². The van der Waals surface area contributed by atoms with Gasteiger partial charge in [-0.1, -0.05) is 54.1 Å². The molecular formula is C29H22ClFN6O3. The number of carboxylic acid groups (broad SMARTS) is 1. The number of anilines is 2. The number of carboxylic acids is 1. The van der Waals surface area contributed by atoms with Gasteiger partial charge in [0.05, 0.1) is 24.0 Å². The van der Waals surface area contributed by atoms with Crippen LogP contribution in [0.2, 0.25) is 5.02 Å². The molecule has 0 spiro atoms. The first kappa shape index (κ1) is 25.4. The number of aromatic nitrogens is 4. The van der Waals surface area contributed by atoms with Crippen LogP contribution in [0.5, 0.6) is 0 Å². The second kappa shape index (κ2) is 9.42. The van der Waals surface area contributed by atoms with Gasteiger partial charge in [0, 0.05) is 16.0 Å². The van der Waals surface area contributed by atoms with Crippen LogP contribution in [0.4, 0.5) is 16.0 Å². The maximum absolute atomic E-state index is 14.4. The molecule has 2 aromatic heterocycles. The van der Waals surface area contributed by atoms with Crippen LogP contribution in [0.3, 0.4) is 0 Å². The van der Waals surface area contributed by atoms with E-state index in [0.29, 0.717) is 43.9 Å². The smallest absolute Gasteiger partial charge is 0.307 e. The summed E-state index contributed by atoms with van der Waals surface area (Å²) in [5.74, 6) is -1.09. The number of aliphatic carboxylic acids is 1. The number of fused-ring (bicyclic) bond motifs is 2. The van der Waals surface area contributed by atoms with E-state index >= 15 is 0 Å². The topological polar surface area (TPSA) is 136 Å². The molecule has 0 saturated heterocycles. The number of carbonyl (C=O) groups is 2. The zero-order valence-electron chi connectivity index (χ0n) is 21.2. The molecule has 0 saturated carbocycles. The van der Waals surface area contributed by atoms with Gasteiger partial charge in [0.25, 0.3) is 0 Å². The molecular weight excluding hydrogens is 535 g/mol. The average molecular weight is 557 g/mol. The van der Waals surface area contributed by atoms with Crippen molar-refractivity contribution >= 4 is 46.0 Å². The number of benzene rings is 3. The monoisotopic (exact) mass is 556 g/mol. The summed E-state index contributed by atoms with van der Waals surface area (Å²) in [6, 6.07) is 18.4. The van der Waals surface area contributed by atoms with Crippen LogP contribution in [0.15, 0.2) is 66.7 Å². The van der Waals surface area contributed by atoms with E-state index in [0.717, 1.165) is 0 Å². The summed E-state index contributed by atoms with van der Waals surface area (Å²) >= 11 is 6.28. The standard InChI is InChI=1S/C29H22ClFN6O3/c1-29(17-8-6-15(7-9-17)12-22(38)39)23-25(32)33-27(34-26(23)35-28(29)40)24-19-11-10-18(30)13-21(19)37(36-24)14-16-4-2-3-5-20(16)31/h2-11,13H,12,14H2,1H3,(H,38,39)(H3,32,33,34,35,40). The Morgan fingerprint density at radius 3 is 2.60 bits per heavy atom. The number of nitrogens with one attached hydrogen (secondary N) is 1. The Kier molecular flexibility index (Phi) is 5.99. The highest BCUT2D eigenvalue weighted by molar-refractivity contribution is 6.31. The van der Waals surface area contributed by atoms with Crippen molar-refractivity contribution in [3.05, 3.63) is 99.8 Å². The average Bonchev–Trinajstić information content (AvgIpc) is 3.39. The van der Waals surface area contributed by atoms with E-state index in [4.69, 9.17) is 27.5 Å². The van der Waals surface area contributed by atoms with Crippen LogP contribution in [0.1, 0.15) is 29.2 Å². The largest absolute Gasteiger partial charge is 0.481 e. The molecule has 3 heterocycles. The molecule has 0 fully saturated rings. The fourth-order valence-electron chi connectivity index (χ4n) is 5.14. The zero-order chi connectivity index (χ0) is 28.2. The maximum Gasteiger partial charge on any atom is 0.307 e. The number of nitrogens with zero attached hydrogens (tertiary/aromatic N) is 4. The lowest BCUT2D eigenvalue weighted by Gasteiger charge is -2.23. The molecule has 1 amide bonds. The minimum Gasteiger partial charge on any atom is -0.481 e. The molecule has 0 bridgehead atoms. The third-order valence-electron chi connectivity index (χ3n) is 7.21. The van der Waals surface area contributed by atoms with Crippen LogP contribution < -0.4 is 11.1 Å². The molecule has 5 aromatic rings. The normalized spacial score (nSPS) is 16.2. The molecule has 0 radical (unpaired) electrons. The minimum absolute atomic E-state index is 0.0984. The van der Waals surface area contributed by atoms with Crippen LogP contribution in [0.25, 0.3) is 22.4 Å². The number of hydrogen-bond donors (Lipinski definition) is 3. The van der Waals surface area contributed by atoms with Crippen molar-refractivity contribution in [2.24, 2.45) is 0 Å². The summed E-state index contributed by atoms with van der Waals surface area (Å²) < 4.78 is 16.1. The highest BCUT2D eigenvalue weighted by Crippen LogP contribution is 2.45. The minimum atomic E-state index is -1.19. The highest BCUT2D eigenvalue weighted by Gasteiger charge is 2.47. The fraction of sp³-hybridized carbons (Fsp3) is 0.138. The van der Waals surface area contributed by atoms with Crippen LogP contribution in [-0.2, 0) is 28.0 Å². The molecule has 200 valence electrons. The molecule has 40 heavy (non-hydrogen) atoms. The SMILES string of the molecule is CC1(c2ccc(CC(=O)O)cc2)C(=O)Nc2nc(-c3nn(Cc4ccccc4F)c4cc(Cl)ccc34)nc(N)c21. The van der Waals surface area contributed by atoms with Crippen molar-refractivity contribution < 1.29 is 19.1 Å². The van der Waals surface area contributed by atoms with Crippen molar-refractivity contribution in [2.45, 2.75) is 25.3 Å². The number of rotatable bonds is 6. The fourth-order valence-corrected chi connectivity index (χ4v) is 5.31. The summed E-state index contributed by atoms with van der Waals surface area (Å²) in [7, 11) is 0. The van der Waals surface area contributed by atoms with E-state index in [1.807, 2.05) is 0 Å². The second-order valence-corrected chi connectivity index (χ2v) is 10.2. The Hall–Kier alpha value is -4.83. The first-order chi connectivity index (χ1) is 19.1. The van der Waals surface area contributed by atoms with E-state index in [-0.39, 0.29) is 42.2 Å². The van der Waals surface area contributed by atoms with Gasteiger partial charge in [-0.3, -0.25) is 14.3 Å². The molecule has 4 N–H and O–H groups in total. The summed E-state index contributed by atoms with van der Waals surface area (Å²) in [6.45, 7) is 1.87. The van der Waals surface area contributed by atoms with Crippen LogP contribution >= 0.6 is 11.6 Å². The Balaban J connectivity index is 1.44. The van der Waals surface area contributed by atoms with E-state index in [1.165, 1.54) is 6.07 Å². The number of amides is 1. The van der Waals surface area contributed by atoms with Crippen LogP contribution in [-0.4, -0.2) is 36.7 Å². The number of nitrogens with two attached hydrogens (primary N) is 1. The van der Waals surface area contributed by atoms with E-state index in [9.17, 15) is 14.0 Å².